The average Bonchev–Trinajstić information content (AvgIpc) is 2.86. The Kier molecular flexibility index (Phi) is 7.75. The van der Waals surface area contributed by atoms with Crippen molar-refractivity contribution >= 4 is 17.5 Å². The summed E-state index contributed by atoms with van der Waals surface area (Å²) in [7, 11) is 0. The summed E-state index contributed by atoms with van der Waals surface area (Å²) >= 11 is 6.16. The van der Waals surface area contributed by atoms with Gasteiger partial charge in [-0.25, -0.2) is 0 Å². The van der Waals surface area contributed by atoms with Gasteiger partial charge in [-0.1, -0.05) is 48.0 Å². The predicted molar refractivity (Wildman–Crippen MR) is 127 cm³/mol. The molecule has 2 heterocycles. The van der Waals surface area contributed by atoms with Crippen LogP contribution in [0.2, 0.25) is 5.02 Å². The Labute approximate surface area is 194 Å². The number of nitrogens with zero attached hydrogens (tertiary/aromatic N) is 2. The minimum atomic E-state index is -0.261. The summed E-state index contributed by atoms with van der Waals surface area (Å²) in [6.07, 6.45) is 5.27. The number of halogens is 1. The Morgan fingerprint density at radius 1 is 1.03 bits per heavy atom. The summed E-state index contributed by atoms with van der Waals surface area (Å²) in [5.74, 6) is 0.956. The highest BCUT2D eigenvalue weighted by molar-refractivity contribution is 6.30. The SMILES string of the molecule is O=C(C1CCNCC1)N(CCOc1ccccc1)[C@H](c1ccc(Cl)cc1)c1cccnc1. The number of hydrogen-bond acceptors (Lipinski definition) is 4. The van der Waals surface area contributed by atoms with Gasteiger partial charge in [0.25, 0.3) is 0 Å². The number of para-hydroxylation sites is 1. The molecule has 0 saturated carbocycles. The van der Waals surface area contributed by atoms with Crippen LogP contribution in [0.15, 0.2) is 79.1 Å². The summed E-state index contributed by atoms with van der Waals surface area (Å²) in [6.45, 7) is 2.61. The third kappa shape index (κ3) is 5.67. The molecule has 1 aliphatic rings. The second-order valence-corrected chi connectivity index (χ2v) is 8.39. The number of ether oxygens (including phenoxy) is 1. The van der Waals surface area contributed by atoms with E-state index in [-0.39, 0.29) is 17.9 Å². The predicted octanol–water partition coefficient (Wildman–Crippen LogP) is 4.73. The van der Waals surface area contributed by atoms with Crippen LogP contribution >= 0.6 is 11.6 Å². The van der Waals surface area contributed by atoms with Gasteiger partial charge in [-0.2, -0.15) is 0 Å². The number of benzene rings is 2. The second kappa shape index (κ2) is 11.1. The van der Waals surface area contributed by atoms with Crippen LogP contribution in [0.5, 0.6) is 5.75 Å². The third-order valence-corrected chi connectivity index (χ3v) is 6.07. The minimum absolute atomic E-state index is 0.000512. The highest BCUT2D eigenvalue weighted by Crippen LogP contribution is 2.31. The second-order valence-electron chi connectivity index (χ2n) is 7.96. The smallest absolute Gasteiger partial charge is 0.226 e. The van der Waals surface area contributed by atoms with Crippen LogP contribution in [-0.4, -0.2) is 42.0 Å². The molecule has 5 nitrogen and oxygen atoms in total. The van der Waals surface area contributed by atoms with Gasteiger partial charge in [0.15, 0.2) is 0 Å². The first-order valence-electron chi connectivity index (χ1n) is 11.1. The van der Waals surface area contributed by atoms with E-state index in [4.69, 9.17) is 16.3 Å². The zero-order valence-corrected chi connectivity index (χ0v) is 18.7. The Balaban J connectivity index is 1.64. The number of carbonyl (C=O) groups is 1. The molecule has 1 atom stereocenters. The highest BCUT2D eigenvalue weighted by atomic mass is 35.5. The molecule has 32 heavy (non-hydrogen) atoms. The van der Waals surface area contributed by atoms with Crippen molar-refractivity contribution in [2.75, 3.05) is 26.2 Å². The van der Waals surface area contributed by atoms with E-state index in [9.17, 15) is 4.79 Å². The van der Waals surface area contributed by atoms with Gasteiger partial charge >= 0.3 is 0 Å². The number of nitrogens with one attached hydrogen (secondary N) is 1. The van der Waals surface area contributed by atoms with E-state index in [0.29, 0.717) is 18.2 Å². The van der Waals surface area contributed by atoms with Crippen molar-refractivity contribution in [3.63, 3.8) is 0 Å². The first-order chi connectivity index (χ1) is 15.7. The first kappa shape index (κ1) is 22.3. The van der Waals surface area contributed by atoms with Gasteiger partial charge in [-0.3, -0.25) is 9.78 Å². The number of hydrogen-bond donors (Lipinski definition) is 1. The highest BCUT2D eigenvalue weighted by Gasteiger charge is 2.32. The lowest BCUT2D eigenvalue weighted by molar-refractivity contribution is -0.138. The number of pyridine rings is 1. The molecule has 1 aromatic heterocycles. The molecule has 0 aliphatic carbocycles. The van der Waals surface area contributed by atoms with Crippen molar-refractivity contribution in [3.05, 3.63) is 95.3 Å². The molecule has 1 N–H and O–H groups in total. The molecule has 0 bridgehead atoms. The molecule has 4 rings (SSSR count). The van der Waals surface area contributed by atoms with Crippen molar-refractivity contribution in [2.45, 2.75) is 18.9 Å². The molecule has 0 spiro atoms. The third-order valence-electron chi connectivity index (χ3n) is 5.81. The number of aromatic nitrogens is 1. The van der Waals surface area contributed by atoms with Gasteiger partial charge in [0, 0.05) is 23.3 Å². The topological polar surface area (TPSA) is 54.5 Å². The molecule has 6 heteroatoms. The van der Waals surface area contributed by atoms with Gasteiger partial charge < -0.3 is 15.0 Å². The summed E-state index contributed by atoms with van der Waals surface area (Å²) in [4.78, 5) is 20.1. The van der Waals surface area contributed by atoms with Crippen LogP contribution in [0, 0.1) is 5.92 Å². The van der Waals surface area contributed by atoms with Crippen LogP contribution in [-0.2, 0) is 4.79 Å². The Morgan fingerprint density at radius 3 is 2.47 bits per heavy atom. The zero-order valence-electron chi connectivity index (χ0n) is 18.0. The summed E-state index contributed by atoms with van der Waals surface area (Å²) in [5, 5.41) is 4.02. The number of carbonyl (C=O) groups excluding carboxylic acids is 1. The molecule has 1 saturated heterocycles. The fraction of sp³-hybridized carbons (Fsp3) is 0.308. The molecular formula is C26H28ClN3O2. The minimum Gasteiger partial charge on any atom is -0.492 e. The largest absolute Gasteiger partial charge is 0.492 e. The summed E-state index contributed by atoms with van der Waals surface area (Å²) in [5.41, 5.74) is 1.97. The lowest BCUT2D eigenvalue weighted by atomic mass is 9.92. The summed E-state index contributed by atoms with van der Waals surface area (Å²) < 4.78 is 5.97. The van der Waals surface area contributed by atoms with E-state index in [0.717, 1.165) is 42.8 Å². The normalized spacial score (nSPS) is 15.2. The molecule has 166 valence electrons. The lowest BCUT2D eigenvalue weighted by Gasteiger charge is -2.36. The van der Waals surface area contributed by atoms with Crippen LogP contribution in [0.25, 0.3) is 0 Å². The molecular weight excluding hydrogens is 422 g/mol. The Bertz CT molecular complexity index is 977. The van der Waals surface area contributed by atoms with E-state index >= 15 is 0 Å². The maximum absolute atomic E-state index is 13.8. The van der Waals surface area contributed by atoms with Gasteiger partial charge in [0.1, 0.15) is 12.4 Å². The van der Waals surface area contributed by atoms with Gasteiger partial charge in [0.05, 0.1) is 12.6 Å². The first-order valence-corrected chi connectivity index (χ1v) is 11.4. The molecule has 0 unspecified atom stereocenters. The van der Waals surface area contributed by atoms with Crippen LogP contribution in [0.4, 0.5) is 0 Å². The number of amides is 1. The fourth-order valence-corrected chi connectivity index (χ4v) is 4.31. The van der Waals surface area contributed by atoms with Crippen molar-refractivity contribution in [1.82, 2.24) is 15.2 Å². The maximum atomic E-state index is 13.8. The van der Waals surface area contributed by atoms with Crippen molar-refractivity contribution < 1.29 is 9.53 Å². The number of rotatable bonds is 8. The van der Waals surface area contributed by atoms with E-state index in [1.807, 2.05) is 77.8 Å². The lowest BCUT2D eigenvalue weighted by Crippen LogP contribution is -2.44. The van der Waals surface area contributed by atoms with E-state index < -0.39 is 0 Å². The Morgan fingerprint density at radius 2 is 1.78 bits per heavy atom. The molecule has 2 aromatic carbocycles. The van der Waals surface area contributed by atoms with Crippen molar-refractivity contribution in [2.24, 2.45) is 5.92 Å². The monoisotopic (exact) mass is 449 g/mol. The van der Waals surface area contributed by atoms with E-state index in [1.165, 1.54) is 0 Å². The molecule has 1 fully saturated rings. The summed E-state index contributed by atoms with van der Waals surface area (Å²) in [6, 6.07) is 21.1. The molecule has 1 amide bonds. The van der Waals surface area contributed by atoms with Crippen molar-refractivity contribution in [1.29, 1.82) is 0 Å². The standard InChI is InChI=1S/C26H28ClN3O2/c27-23-10-8-20(9-11-23)25(22-5-4-14-29-19-22)30(26(31)21-12-15-28-16-13-21)17-18-32-24-6-2-1-3-7-24/h1-11,14,19,21,25,28H,12-13,15-18H2/t25-/m1/s1. The average molecular weight is 450 g/mol. The van der Waals surface area contributed by atoms with Crippen LogP contribution < -0.4 is 10.1 Å². The zero-order chi connectivity index (χ0) is 22.2. The van der Waals surface area contributed by atoms with Crippen LogP contribution in [0.1, 0.15) is 30.0 Å². The van der Waals surface area contributed by atoms with Gasteiger partial charge in [0.2, 0.25) is 5.91 Å². The molecule has 3 aromatic rings. The van der Waals surface area contributed by atoms with Gasteiger partial charge in [-0.15, -0.1) is 0 Å². The molecule has 1 aliphatic heterocycles. The maximum Gasteiger partial charge on any atom is 0.226 e. The van der Waals surface area contributed by atoms with E-state index in [1.54, 1.807) is 6.20 Å². The van der Waals surface area contributed by atoms with Crippen molar-refractivity contribution in [3.8, 4) is 5.75 Å². The fourth-order valence-electron chi connectivity index (χ4n) is 4.18. The number of piperidine rings is 1. The van der Waals surface area contributed by atoms with Gasteiger partial charge in [-0.05, 0) is 67.4 Å². The van der Waals surface area contributed by atoms with Crippen LogP contribution in [0.3, 0.4) is 0 Å². The molecule has 0 radical (unpaired) electrons. The van der Waals surface area contributed by atoms with E-state index in [2.05, 4.69) is 10.3 Å². The quantitative estimate of drug-likeness (QED) is 0.540. The Hall–Kier alpha value is -2.89.